The minimum absolute atomic E-state index is 0.149. The molecule has 0 bridgehead atoms. The van der Waals surface area contributed by atoms with Crippen molar-refractivity contribution in [2.45, 2.75) is 51.0 Å². The molecule has 1 amide bonds. The molecule has 0 heterocycles. The highest BCUT2D eigenvalue weighted by Crippen LogP contribution is 2.17. The Bertz CT molecular complexity index is 427. The van der Waals surface area contributed by atoms with Crippen LogP contribution in [0.4, 0.5) is 4.39 Å². The molecule has 1 fully saturated rings. The Labute approximate surface area is 126 Å². The molecule has 0 saturated heterocycles. The van der Waals surface area contributed by atoms with E-state index in [4.69, 9.17) is 0 Å². The van der Waals surface area contributed by atoms with Gasteiger partial charge in [-0.25, -0.2) is 4.39 Å². The first kappa shape index (κ1) is 16.0. The zero-order chi connectivity index (χ0) is 14.9. The number of nitrogens with one attached hydrogen (secondary N) is 2. The van der Waals surface area contributed by atoms with E-state index in [1.807, 2.05) is 0 Å². The number of hydrogen-bond donors (Lipinski definition) is 2. The van der Waals surface area contributed by atoms with Gasteiger partial charge in [0, 0.05) is 19.0 Å². The van der Waals surface area contributed by atoms with Crippen molar-refractivity contribution >= 4 is 5.91 Å². The van der Waals surface area contributed by atoms with Gasteiger partial charge in [-0.1, -0.05) is 31.4 Å². The summed E-state index contributed by atoms with van der Waals surface area (Å²) in [7, 11) is 0. The fraction of sp³-hybridized carbons (Fsp3) is 0.588. The molecule has 1 aliphatic rings. The van der Waals surface area contributed by atoms with Crippen LogP contribution in [0.1, 0.15) is 44.1 Å². The van der Waals surface area contributed by atoms with E-state index in [-0.39, 0.29) is 11.7 Å². The topological polar surface area (TPSA) is 41.1 Å². The lowest BCUT2D eigenvalue weighted by molar-refractivity contribution is -0.121. The second-order valence-corrected chi connectivity index (χ2v) is 5.78. The second kappa shape index (κ2) is 8.78. The van der Waals surface area contributed by atoms with Crippen molar-refractivity contribution in [3.05, 3.63) is 35.6 Å². The highest BCUT2D eigenvalue weighted by molar-refractivity contribution is 5.76. The molecule has 0 aromatic heterocycles. The third-order valence-corrected chi connectivity index (χ3v) is 4.00. The summed E-state index contributed by atoms with van der Waals surface area (Å²) in [5.74, 6) is -0.0534. The van der Waals surface area contributed by atoms with E-state index < -0.39 is 0 Å². The van der Waals surface area contributed by atoms with Crippen molar-refractivity contribution in [2.24, 2.45) is 0 Å². The van der Waals surface area contributed by atoms with E-state index in [2.05, 4.69) is 10.6 Å². The molecule has 1 aromatic carbocycles. The van der Waals surface area contributed by atoms with Gasteiger partial charge in [0.25, 0.3) is 0 Å². The molecule has 0 aliphatic heterocycles. The lowest BCUT2D eigenvalue weighted by Gasteiger charge is -2.22. The summed E-state index contributed by atoms with van der Waals surface area (Å²) in [4.78, 5) is 11.8. The molecule has 116 valence electrons. The fourth-order valence-electron chi connectivity index (χ4n) is 2.76. The maximum atomic E-state index is 12.8. The molecule has 2 rings (SSSR count). The molecule has 21 heavy (non-hydrogen) atoms. The summed E-state index contributed by atoms with van der Waals surface area (Å²) in [6, 6.07) is 6.95. The average molecular weight is 292 g/mol. The first-order valence-electron chi connectivity index (χ1n) is 7.98. The maximum absolute atomic E-state index is 12.8. The van der Waals surface area contributed by atoms with Gasteiger partial charge < -0.3 is 10.6 Å². The quantitative estimate of drug-likeness (QED) is 0.759. The minimum Gasteiger partial charge on any atom is -0.353 e. The van der Waals surface area contributed by atoms with Crippen LogP contribution >= 0.6 is 0 Å². The monoisotopic (exact) mass is 292 g/mol. The Hall–Kier alpha value is -1.42. The highest BCUT2D eigenvalue weighted by Gasteiger charge is 2.14. The third-order valence-electron chi connectivity index (χ3n) is 4.00. The van der Waals surface area contributed by atoms with Gasteiger partial charge in [-0.05, 0) is 43.5 Å². The molecule has 0 radical (unpaired) electrons. The summed E-state index contributed by atoms with van der Waals surface area (Å²) < 4.78 is 12.8. The van der Waals surface area contributed by atoms with Gasteiger partial charge in [-0.15, -0.1) is 0 Å². The minimum atomic E-state index is -0.203. The fourth-order valence-corrected chi connectivity index (χ4v) is 2.76. The van der Waals surface area contributed by atoms with E-state index in [1.165, 1.54) is 31.4 Å². The Morgan fingerprint density at radius 2 is 1.81 bits per heavy atom. The van der Waals surface area contributed by atoms with Gasteiger partial charge in [-0.2, -0.15) is 0 Å². The van der Waals surface area contributed by atoms with E-state index >= 15 is 0 Å². The van der Waals surface area contributed by atoms with Crippen LogP contribution in [0.5, 0.6) is 0 Å². The molecule has 0 spiro atoms. The van der Waals surface area contributed by atoms with Crippen molar-refractivity contribution in [1.82, 2.24) is 10.6 Å². The highest BCUT2D eigenvalue weighted by atomic mass is 19.1. The second-order valence-electron chi connectivity index (χ2n) is 5.78. The molecule has 0 unspecified atom stereocenters. The summed E-state index contributed by atoms with van der Waals surface area (Å²) in [6.45, 7) is 1.50. The van der Waals surface area contributed by atoms with Crippen LogP contribution in [0, 0.1) is 5.82 Å². The number of rotatable bonds is 7. The number of hydrogen-bond acceptors (Lipinski definition) is 2. The predicted octanol–water partition coefficient (Wildman–Crippen LogP) is 2.80. The Balaban J connectivity index is 1.52. The summed E-state index contributed by atoms with van der Waals surface area (Å²) in [6.07, 6.45) is 7.41. The summed E-state index contributed by atoms with van der Waals surface area (Å²) >= 11 is 0. The number of benzene rings is 1. The van der Waals surface area contributed by atoms with Gasteiger partial charge in [-0.3, -0.25) is 4.79 Å². The largest absolute Gasteiger partial charge is 0.353 e. The van der Waals surface area contributed by atoms with Crippen LogP contribution in [0.2, 0.25) is 0 Å². The normalized spacial score (nSPS) is 15.9. The number of carbonyl (C=O) groups excluding carboxylic acids is 1. The van der Waals surface area contributed by atoms with Crippen molar-refractivity contribution in [3.63, 3.8) is 0 Å². The van der Waals surface area contributed by atoms with E-state index in [9.17, 15) is 9.18 Å². The van der Waals surface area contributed by atoms with E-state index in [0.717, 1.165) is 31.4 Å². The van der Waals surface area contributed by atoms with Crippen molar-refractivity contribution in [2.75, 3.05) is 13.1 Å². The first-order valence-corrected chi connectivity index (χ1v) is 7.98. The van der Waals surface area contributed by atoms with Gasteiger partial charge in [0.2, 0.25) is 5.91 Å². The Morgan fingerprint density at radius 1 is 1.10 bits per heavy atom. The maximum Gasteiger partial charge on any atom is 0.221 e. The molecule has 2 N–H and O–H groups in total. The zero-order valence-corrected chi connectivity index (χ0v) is 12.5. The van der Waals surface area contributed by atoms with Crippen LogP contribution < -0.4 is 10.6 Å². The molecular formula is C17H25FN2O. The number of amides is 1. The molecule has 1 saturated carbocycles. The number of carbonyl (C=O) groups is 1. The van der Waals surface area contributed by atoms with Gasteiger partial charge >= 0.3 is 0 Å². The average Bonchev–Trinajstić information content (AvgIpc) is 2.50. The van der Waals surface area contributed by atoms with Crippen LogP contribution in [-0.2, 0) is 11.2 Å². The van der Waals surface area contributed by atoms with E-state index in [0.29, 0.717) is 19.0 Å². The first-order chi connectivity index (χ1) is 10.2. The lowest BCUT2D eigenvalue weighted by Crippen LogP contribution is -2.37. The Morgan fingerprint density at radius 3 is 2.52 bits per heavy atom. The van der Waals surface area contributed by atoms with Crippen molar-refractivity contribution in [1.29, 1.82) is 0 Å². The number of halogens is 1. The molecule has 1 aliphatic carbocycles. The smallest absolute Gasteiger partial charge is 0.221 e. The van der Waals surface area contributed by atoms with Gasteiger partial charge in [0.15, 0.2) is 0 Å². The van der Waals surface area contributed by atoms with Crippen molar-refractivity contribution in [3.8, 4) is 0 Å². The lowest BCUT2D eigenvalue weighted by atomic mass is 9.95. The Kier molecular flexibility index (Phi) is 6.67. The predicted molar refractivity (Wildman–Crippen MR) is 82.6 cm³/mol. The van der Waals surface area contributed by atoms with Crippen LogP contribution in [-0.4, -0.2) is 25.0 Å². The molecule has 4 heteroatoms. The van der Waals surface area contributed by atoms with Crippen LogP contribution in [0.3, 0.4) is 0 Å². The summed E-state index contributed by atoms with van der Waals surface area (Å²) in [5.41, 5.74) is 1.11. The molecule has 1 aromatic rings. The third kappa shape index (κ3) is 6.25. The SMILES string of the molecule is O=C(CCNCCc1ccc(F)cc1)NC1CCCCC1. The van der Waals surface area contributed by atoms with Gasteiger partial charge in [0.1, 0.15) is 5.82 Å². The van der Waals surface area contributed by atoms with E-state index in [1.54, 1.807) is 12.1 Å². The standard InChI is InChI=1S/C17H25FN2O/c18-15-8-6-14(7-9-15)10-12-19-13-11-17(21)20-16-4-2-1-3-5-16/h6-9,16,19H,1-5,10-13H2,(H,20,21). The molecule has 0 atom stereocenters. The van der Waals surface area contributed by atoms with Crippen molar-refractivity contribution < 1.29 is 9.18 Å². The summed E-state index contributed by atoms with van der Waals surface area (Å²) in [5, 5.41) is 6.38. The zero-order valence-electron chi connectivity index (χ0n) is 12.5. The van der Waals surface area contributed by atoms with Crippen LogP contribution in [0.15, 0.2) is 24.3 Å². The molecular weight excluding hydrogens is 267 g/mol. The van der Waals surface area contributed by atoms with Crippen LogP contribution in [0.25, 0.3) is 0 Å². The molecule has 3 nitrogen and oxygen atoms in total. The van der Waals surface area contributed by atoms with Gasteiger partial charge in [0.05, 0.1) is 0 Å².